The standard InChI is InChI=1S/C24H21F5N6O4S2/c25-17-3-4-18(26)16(12-33-8-1-2-9-33)15(17)11-31-20-6-5-19(22-30-7-10-34(20)22)41(37,38)35(21-13-40-14-32-21)39-23(36)24(27,28)29/h3-7,10,13-14,31H,1-2,8-9,11-12H2. The average Bonchev–Trinajstić information content (AvgIpc) is 3.71. The molecule has 4 aromatic rings. The minimum atomic E-state index is -5.49. The van der Waals surface area contributed by atoms with E-state index in [4.69, 9.17) is 0 Å². The maximum absolute atomic E-state index is 14.8. The normalized spacial score (nSPS) is 14.5. The molecule has 0 radical (unpaired) electrons. The highest BCUT2D eigenvalue weighted by atomic mass is 32.2. The van der Waals surface area contributed by atoms with E-state index in [0.29, 0.717) is 0 Å². The highest BCUT2D eigenvalue weighted by Crippen LogP contribution is 2.30. The summed E-state index contributed by atoms with van der Waals surface area (Å²) in [6.45, 7) is 1.59. The van der Waals surface area contributed by atoms with E-state index in [2.05, 4.69) is 20.1 Å². The minimum absolute atomic E-state index is 0.0932. The monoisotopic (exact) mass is 616 g/mol. The van der Waals surface area contributed by atoms with E-state index in [-0.39, 0.29) is 40.1 Å². The van der Waals surface area contributed by atoms with Crippen molar-refractivity contribution in [2.24, 2.45) is 0 Å². The van der Waals surface area contributed by atoms with Gasteiger partial charge in [-0.2, -0.15) is 21.6 Å². The van der Waals surface area contributed by atoms with Gasteiger partial charge in [0.15, 0.2) is 11.5 Å². The van der Waals surface area contributed by atoms with Crippen molar-refractivity contribution in [3.8, 4) is 0 Å². The maximum Gasteiger partial charge on any atom is 0.493 e. The van der Waals surface area contributed by atoms with Crippen molar-refractivity contribution >= 4 is 44.6 Å². The topological polar surface area (TPSA) is 109 Å². The Bertz CT molecular complexity index is 1670. The predicted octanol–water partition coefficient (Wildman–Crippen LogP) is 4.49. The van der Waals surface area contributed by atoms with E-state index < -0.39 is 44.5 Å². The van der Waals surface area contributed by atoms with Gasteiger partial charge in [-0.15, -0.1) is 11.3 Å². The third-order valence-corrected chi connectivity index (χ3v) is 8.50. The van der Waals surface area contributed by atoms with Crippen molar-refractivity contribution < 1.29 is 40.0 Å². The number of thiazole rings is 1. The van der Waals surface area contributed by atoms with Crippen molar-refractivity contribution in [2.75, 3.05) is 22.9 Å². The Morgan fingerprint density at radius 2 is 1.78 bits per heavy atom. The zero-order chi connectivity index (χ0) is 29.4. The van der Waals surface area contributed by atoms with Gasteiger partial charge in [-0.05, 0) is 50.2 Å². The Hall–Kier alpha value is -3.83. The van der Waals surface area contributed by atoms with Gasteiger partial charge in [0.1, 0.15) is 22.3 Å². The van der Waals surface area contributed by atoms with Crippen LogP contribution in [0.15, 0.2) is 52.4 Å². The van der Waals surface area contributed by atoms with Gasteiger partial charge in [0.05, 0.1) is 5.51 Å². The Labute approximate surface area is 234 Å². The van der Waals surface area contributed by atoms with Crippen molar-refractivity contribution in [1.82, 2.24) is 19.3 Å². The van der Waals surface area contributed by atoms with Crippen LogP contribution in [0.5, 0.6) is 0 Å². The number of nitrogens with one attached hydrogen (secondary N) is 1. The maximum atomic E-state index is 14.8. The number of fused-ring (bicyclic) bond motifs is 1. The van der Waals surface area contributed by atoms with E-state index in [1.807, 2.05) is 4.90 Å². The fraction of sp³-hybridized carbons (Fsp3) is 0.292. The highest BCUT2D eigenvalue weighted by molar-refractivity contribution is 7.92. The number of aromatic nitrogens is 3. The molecule has 0 atom stereocenters. The summed E-state index contributed by atoms with van der Waals surface area (Å²) in [5.41, 5.74) is 1.19. The summed E-state index contributed by atoms with van der Waals surface area (Å²) >= 11 is 0.858. The van der Waals surface area contributed by atoms with Gasteiger partial charge < -0.3 is 10.2 Å². The zero-order valence-corrected chi connectivity index (χ0v) is 22.6. The van der Waals surface area contributed by atoms with Crippen LogP contribution in [0.1, 0.15) is 24.0 Å². The second-order valence-corrected chi connectivity index (χ2v) is 11.4. The molecule has 1 aromatic carbocycles. The minimum Gasteiger partial charge on any atom is -0.367 e. The largest absolute Gasteiger partial charge is 0.493 e. The summed E-state index contributed by atoms with van der Waals surface area (Å²) in [6.07, 6.45) is -0.962. The molecule has 0 unspecified atom stereocenters. The van der Waals surface area contributed by atoms with Crippen LogP contribution in [0.2, 0.25) is 0 Å². The lowest BCUT2D eigenvalue weighted by Gasteiger charge is -2.22. The molecule has 1 N–H and O–H groups in total. The highest BCUT2D eigenvalue weighted by Gasteiger charge is 2.45. The number of anilines is 2. The van der Waals surface area contributed by atoms with Crippen LogP contribution in [-0.2, 0) is 32.7 Å². The van der Waals surface area contributed by atoms with Crippen molar-refractivity contribution in [3.05, 3.63) is 70.3 Å². The van der Waals surface area contributed by atoms with Gasteiger partial charge in [0.25, 0.3) is 0 Å². The average molecular weight is 617 g/mol. The first-order valence-electron chi connectivity index (χ1n) is 12.1. The number of sulfonamides is 1. The lowest BCUT2D eigenvalue weighted by atomic mass is 10.1. The van der Waals surface area contributed by atoms with Gasteiger partial charge in [0, 0.05) is 42.0 Å². The fourth-order valence-corrected chi connectivity index (χ4v) is 6.29. The second kappa shape index (κ2) is 11.2. The molecule has 0 amide bonds. The van der Waals surface area contributed by atoms with Crippen LogP contribution in [0.3, 0.4) is 0 Å². The summed E-state index contributed by atoms with van der Waals surface area (Å²) in [4.78, 5) is 24.9. The summed E-state index contributed by atoms with van der Waals surface area (Å²) in [5, 5.41) is 4.03. The van der Waals surface area contributed by atoms with Gasteiger partial charge in [-0.25, -0.2) is 23.5 Å². The number of hydrogen-bond donors (Lipinski definition) is 1. The Morgan fingerprint density at radius 3 is 2.44 bits per heavy atom. The number of carbonyl (C=O) groups is 1. The SMILES string of the molecule is O=C(ON(c1cscn1)S(=O)(=O)c1ccc(NCc2c(F)ccc(F)c2CN2CCCC2)n2ccnc12)C(F)(F)F. The molecule has 1 aliphatic heterocycles. The Balaban J connectivity index is 1.47. The molecule has 0 saturated carbocycles. The summed E-state index contributed by atoms with van der Waals surface area (Å²) in [5.74, 6) is -4.31. The molecular weight excluding hydrogens is 595 g/mol. The first-order valence-corrected chi connectivity index (χ1v) is 14.5. The molecule has 4 heterocycles. The zero-order valence-electron chi connectivity index (χ0n) is 20.9. The molecular formula is C24H21F5N6O4S2. The third kappa shape index (κ3) is 5.82. The van der Waals surface area contributed by atoms with E-state index >= 15 is 0 Å². The molecule has 41 heavy (non-hydrogen) atoms. The van der Waals surface area contributed by atoms with Gasteiger partial charge in [-0.1, -0.05) is 4.47 Å². The number of rotatable bonds is 9. The number of carbonyl (C=O) groups excluding carboxylic acids is 1. The quantitative estimate of drug-likeness (QED) is 0.217. The first-order chi connectivity index (χ1) is 19.5. The van der Waals surface area contributed by atoms with Crippen molar-refractivity contribution in [2.45, 2.75) is 37.0 Å². The molecule has 0 bridgehead atoms. The Kier molecular flexibility index (Phi) is 7.85. The van der Waals surface area contributed by atoms with Crippen molar-refractivity contribution in [3.63, 3.8) is 0 Å². The van der Waals surface area contributed by atoms with E-state index in [0.717, 1.165) is 66.4 Å². The lowest BCUT2D eigenvalue weighted by molar-refractivity contribution is -0.199. The summed E-state index contributed by atoms with van der Waals surface area (Å²) in [6, 6.07) is 4.40. The molecule has 17 heteroatoms. The van der Waals surface area contributed by atoms with Crippen LogP contribution in [0.25, 0.3) is 5.65 Å². The van der Waals surface area contributed by atoms with E-state index in [9.17, 15) is 35.2 Å². The number of hydrogen-bond acceptors (Lipinski definition) is 9. The lowest BCUT2D eigenvalue weighted by Crippen LogP contribution is -2.39. The molecule has 1 fully saturated rings. The second-order valence-electron chi connectivity index (χ2n) is 8.98. The molecule has 0 spiro atoms. The molecule has 1 saturated heterocycles. The van der Waals surface area contributed by atoms with E-state index in [1.165, 1.54) is 22.9 Å². The molecule has 218 valence electrons. The third-order valence-electron chi connectivity index (χ3n) is 6.36. The van der Waals surface area contributed by atoms with Crippen molar-refractivity contribution in [1.29, 1.82) is 0 Å². The van der Waals surface area contributed by atoms with Crippen LogP contribution in [0, 0.1) is 11.6 Å². The molecule has 1 aliphatic rings. The van der Waals surface area contributed by atoms with Gasteiger partial charge >= 0.3 is 22.2 Å². The van der Waals surface area contributed by atoms with Gasteiger partial charge in [-0.3, -0.25) is 9.30 Å². The Morgan fingerprint density at radius 1 is 1.07 bits per heavy atom. The number of halogens is 5. The number of benzene rings is 1. The number of nitrogens with zero attached hydrogens (tertiary/aromatic N) is 5. The molecule has 0 aliphatic carbocycles. The van der Waals surface area contributed by atoms with Crippen LogP contribution < -0.4 is 9.79 Å². The summed E-state index contributed by atoms with van der Waals surface area (Å²) < 4.78 is 96.3. The van der Waals surface area contributed by atoms with Crippen LogP contribution in [0.4, 0.5) is 33.6 Å². The summed E-state index contributed by atoms with van der Waals surface area (Å²) in [7, 11) is -4.98. The predicted molar refractivity (Wildman–Crippen MR) is 137 cm³/mol. The van der Waals surface area contributed by atoms with E-state index in [1.54, 1.807) is 0 Å². The number of alkyl halides is 3. The van der Waals surface area contributed by atoms with Crippen LogP contribution >= 0.6 is 11.3 Å². The molecule has 5 rings (SSSR count). The fourth-order valence-electron chi connectivity index (χ4n) is 4.41. The number of likely N-dealkylation sites (tertiary alicyclic amines) is 1. The smallest absolute Gasteiger partial charge is 0.367 e. The molecule has 3 aromatic heterocycles. The van der Waals surface area contributed by atoms with Crippen LogP contribution in [-0.4, -0.2) is 52.9 Å². The first kappa shape index (κ1) is 28.7. The van der Waals surface area contributed by atoms with Gasteiger partial charge in [0.2, 0.25) is 0 Å². The number of imidazole rings is 1. The molecule has 10 nitrogen and oxygen atoms in total. The number of pyridine rings is 1.